The van der Waals surface area contributed by atoms with Crippen molar-refractivity contribution >= 4 is 38.7 Å². The molecule has 0 saturated carbocycles. The van der Waals surface area contributed by atoms with Crippen molar-refractivity contribution in [2.24, 2.45) is 0 Å². The van der Waals surface area contributed by atoms with E-state index < -0.39 is 0 Å². The van der Waals surface area contributed by atoms with E-state index in [0.717, 1.165) is 39.3 Å². The van der Waals surface area contributed by atoms with E-state index in [0.29, 0.717) is 0 Å². The van der Waals surface area contributed by atoms with Gasteiger partial charge < -0.3 is 10.2 Å². The molecular formula is C20H20N2OS. The molecule has 1 fully saturated rings. The minimum absolute atomic E-state index is 0.0341. The second kappa shape index (κ2) is 6.29. The Morgan fingerprint density at radius 2 is 1.88 bits per heavy atom. The molecule has 4 rings (SSSR count). The third kappa shape index (κ3) is 2.89. The molecule has 24 heavy (non-hydrogen) atoms. The monoisotopic (exact) mass is 336 g/mol. The number of carbonyl (C=O) groups is 1. The average molecular weight is 336 g/mol. The standard InChI is InChI=1S/C20H20N2OS/c1-14-12-16(22-10-4-5-11-22)8-9-17(14)21-20(23)19-13-15-6-2-3-7-18(15)24-19/h2-3,6-9,12-13H,4-5,10-11H2,1H3,(H,21,23). The molecule has 0 bridgehead atoms. The van der Waals surface area contributed by atoms with Gasteiger partial charge in [-0.2, -0.15) is 0 Å². The molecule has 0 aliphatic carbocycles. The van der Waals surface area contributed by atoms with Gasteiger partial charge in [0, 0.05) is 29.2 Å². The van der Waals surface area contributed by atoms with Crippen molar-refractivity contribution in [1.82, 2.24) is 0 Å². The van der Waals surface area contributed by atoms with Gasteiger partial charge in [-0.1, -0.05) is 18.2 Å². The number of amides is 1. The Hall–Kier alpha value is -2.33. The topological polar surface area (TPSA) is 32.3 Å². The fourth-order valence-corrected chi connectivity index (χ4v) is 4.20. The van der Waals surface area contributed by atoms with Crippen LogP contribution in [0.2, 0.25) is 0 Å². The summed E-state index contributed by atoms with van der Waals surface area (Å²) < 4.78 is 1.14. The molecule has 4 heteroatoms. The van der Waals surface area contributed by atoms with Crippen LogP contribution in [0.4, 0.5) is 11.4 Å². The summed E-state index contributed by atoms with van der Waals surface area (Å²) in [6, 6.07) is 16.4. The Labute approximate surface area is 145 Å². The van der Waals surface area contributed by atoms with E-state index in [9.17, 15) is 4.79 Å². The number of hydrogen-bond acceptors (Lipinski definition) is 3. The van der Waals surface area contributed by atoms with Crippen LogP contribution >= 0.6 is 11.3 Å². The number of fused-ring (bicyclic) bond motifs is 1. The maximum atomic E-state index is 12.6. The molecule has 1 N–H and O–H groups in total. The van der Waals surface area contributed by atoms with Gasteiger partial charge in [-0.25, -0.2) is 0 Å². The molecule has 1 aromatic heterocycles. The number of benzene rings is 2. The lowest BCUT2D eigenvalue weighted by atomic mass is 10.1. The van der Waals surface area contributed by atoms with Crippen LogP contribution in [-0.4, -0.2) is 19.0 Å². The molecule has 3 nitrogen and oxygen atoms in total. The number of nitrogens with zero attached hydrogens (tertiary/aromatic N) is 1. The van der Waals surface area contributed by atoms with Gasteiger partial charge in [0.2, 0.25) is 0 Å². The van der Waals surface area contributed by atoms with Crippen molar-refractivity contribution in [2.75, 3.05) is 23.3 Å². The predicted molar refractivity (Wildman–Crippen MR) is 102 cm³/mol. The van der Waals surface area contributed by atoms with E-state index in [-0.39, 0.29) is 5.91 Å². The third-order valence-electron chi connectivity index (χ3n) is 4.58. The zero-order valence-corrected chi connectivity index (χ0v) is 14.5. The number of carbonyl (C=O) groups excluding carboxylic acids is 1. The van der Waals surface area contributed by atoms with Gasteiger partial charge >= 0.3 is 0 Å². The second-order valence-corrected chi connectivity index (χ2v) is 7.38. The number of nitrogens with one attached hydrogen (secondary N) is 1. The first-order valence-corrected chi connectivity index (χ1v) is 9.18. The van der Waals surface area contributed by atoms with Crippen LogP contribution in [0, 0.1) is 6.92 Å². The van der Waals surface area contributed by atoms with Crippen LogP contribution in [0.1, 0.15) is 28.1 Å². The summed E-state index contributed by atoms with van der Waals surface area (Å²) in [7, 11) is 0. The highest BCUT2D eigenvalue weighted by molar-refractivity contribution is 7.20. The van der Waals surface area contributed by atoms with Crippen LogP contribution in [0.5, 0.6) is 0 Å². The van der Waals surface area contributed by atoms with Gasteiger partial charge in [0.05, 0.1) is 4.88 Å². The van der Waals surface area contributed by atoms with Crippen molar-refractivity contribution in [2.45, 2.75) is 19.8 Å². The normalized spacial score (nSPS) is 14.3. The lowest BCUT2D eigenvalue weighted by Crippen LogP contribution is -2.18. The van der Waals surface area contributed by atoms with E-state index >= 15 is 0 Å². The quantitative estimate of drug-likeness (QED) is 0.725. The number of anilines is 2. The fourth-order valence-electron chi connectivity index (χ4n) is 3.24. The van der Waals surface area contributed by atoms with Crippen LogP contribution in [-0.2, 0) is 0 Å². The molecule has 3 aromatic rings. The van der Waals surface area contributed by atoms with Gasteiger partial charge in [-0.3, -0.25) is 4.79 Å². The maximum Gasteiger partial charge on any atom is 0.265 e. The fraction of sp³-hybridized carbons (Fsp3) is 0.250. The average Bonchev–Trinajstić information content (AvgIpc) is 3.26. The highest BCUT2D eigenvalue weighted by atomic mass is 32.1. The van der Waals surface area contributed by atoms with Gasteiger partial charge in [-0.05, 0) is 61.0 Å². The maximum absolute atomic E-state index is 12.6. The number of hydrogen-bond donors (Lipinski definition) is 1. The third-order valence-corrected chi connectivity index (χ3v) is 5.69. The molecule has 122 valence electrons. The smallest absolute Gasteiger partial charge is 0.265 e. The summed E-state index contributed by atoms with van der Waals surface area (Å²) in [5, 5.41) is 4.18. The molecule has 2 aromatic carbocycles. The summed E-state index contributed by atoms with van der Waals surface area (Å²) in [4.78, 5) is 15.7. The highest BCUT2D eigenvalue weighted by Gasteiger charge is 2.15. The molecule has 1 aliphatic heterocycles. The molecule has 0 radical (unpaired) electrons. The Morgan fingerprint density at radius 3 is 2.62 bits per heavy atom. The Kier molecular flexibility index (Phi) is 3.98. The summed E-state index contributed by atoms with van der Waals surface area (Å²) in [6.07, 6.45) is 2.53. The summed E-state index contributed by atoms with van der Waals surface area (Å²) >= 11 is 1.53. The van der Waals surface area contributed by atoms with E-state index in [2.05, 4.69) is 29.3 Å². The van der Waals surface area contributed by atoms with E-state index in [4.69, 9.17) is 0 Å². The highest BCUT2D eigenvalue weighted by Crippen LogP contribution is 2.28. The molecule has 1 aliphatic rings. The van der Waals surface area contributed by atoms with Gasteiger partial charge in [0.15, 0.2) is 0 Å². The Bertz CT molecular complexity index is 861. The molecule has 2 heterocycles. The largest absolute Gasteiger partial charge is 0.372 e. The van der Waals surface area contributed by atoms with Crippen LogP contribution in [0.3, 0.4) is 0 Å². The van der Waals surface area contributed by atoms with Crippen molar-refractivity contribution < 1.29 is 4.79 Å². The lowest BCUT2D eigenvalue weighted by Gasteiger charge is -2.19. The minimum atomic E-state index is -0.0341. The van der Waals surface area contributed by atoms with Crippen molar-refractivity contribution in [3.63, 3.8) is 0 Å². The first-order valence-electron chi connectivity index (χ1n) is 8.36. The zero-order chi connectivity index (χ0) is 16.5. The van der Waals surface area contributed by atoms with Crippen LogP contribution in [0.25, 0.3) is 10.1 Å². The van der Waals surface area contributed by atoms with E-state index in [1.807, 2.05) is 36.4 Å². The van der Waals surface area contributed by atoms with Crippen LogP contribution in [0.15, 0.2) is 48.5 Å². The first kappa shape index (κ1) is 15.2. The number of rotatable bonds is 3. The zero-order valence-electron chi connectivity index (χ0n) is 13.7. The van der Waals surface area contributed by atoms with Crippen molar-refractivity contribution in [3.05, 3.63) is 59.0 Å². The van der Waals surface area contributed by atoms with Gasteiger partial charge in [0.1, 0.15) is 0 Å². The second-order valence-electron chi connectivity index (χ2n) is 6.30. The first-order chi connectivity index (χ1) is 11.7. The summed E-state index contributed by atoms with van der Waals surface area (Å²) in [5.74, 6) is -0.0341. The minimum Gasteiger partial charge on any atom is -0.372 e. The van der Waals surface area contributed by atoms with Crippen molar-refractivity contribution in [1.29, 1.82) is 0 Å². The SMILES string of the molecule is Cc1cc(N2CCCC2)ccc1NC(=O)c1cc2ccccc2s1. The Morgan fingerprint density at radius 1 is 1.08 bits per heavy atom. The molecule has 1 saturated heterocycles. The van der Waals surface area contributed by atoms with Gasteiger partial charge in [-0.15, -0.1) is 11.3 Å². The predicted octanol–water partition coefficient (Wildman–Crippen LogP) is 5.06. The van der Waals surface area contributed by atoms with Gasteiger partial charge in [0.25, 0.3) is 5.91 Å². The summed E-state index contributed by atoms with van der Waals surface area (Å²) in [6.45, 7) is 4.32. The molecule has 0 spiro atoms. The molecule has 1 amide bonds. The summed E-state index contributed by atoms with van der Waals surface area (Å²) in [5.41, 5.74) is 3.25. The molecule has 0 atom stereocenters. The molecule has 0 unspecified atom stereocenters. The number of thiophene rings is 1. The Balaban J connectivity index is 1.54. The van der Waals surface area contributed by atoms with Crippen molar-refractivity contribution in [3.8, 4) is 0 Å². The van der Waals surface area contributed by atoms with E-state index in [1.165, 1.54) is 29.9 Å². The van der Waals surface area contributed by atoms with E-state index in [1.54, 1.807) is 0 Å². The molecular weight excluding hydrogens is 316 g/mol. The van der Waals surface area contributed by atoms with Crippen LogP contribution < -0.4 is 10.2 Å². The number of aryl methyl sites for hydroxylation is 1. The lowest BCUT2D eigenvalue weighted by molar-refractivity contribution is 0.103.